The van der Waals surface area contributed by atoms with Crippen LogP contribution in [0.4, 0.5) is 11.5 Å². The molecule has 0 radical (unpaired) electrons. The second kappa shape index (κ2) is 7.02. The van der Waals surface area contributed by atoms with Crippen LogP contribution in [0.25, 0.3) is 17.2 Å². The van der Waals surface area contributed by atoms with Crippen molar-refractivity contribution in [1.29, 1.82) is 0 Å². The number of rotatable bonds is 4. The first kappa shape index (κ1) is 16.4. The summed E-state index contributed by atoms with van der Waals surface area (Å²) in [5.74, 6) is 0.649. The van der Waals surface area contributed by atoms with Crippen molar-refractivity contribution in [2.24, 2.45) is 0 Å². The first-order chi connectivity index (χ1) is 12.8. The van der Waals surface area contributed by atoms with Crippen LogP contribution in [0.15, 0.2) is 67.0 Å². The number of aldehydes is 1. The fourth-order valence-electron chi connectivity index (χ4n) is 3.11. The number of carbonyl (C=O) groups excluding carboxylic acids is 1. The van der Waals surface area contributed by atoms with E-state index >= 15 is 0 Å². The molecule has 1 unspecified atom stereocenters. The lowest BCUT2D eigenvalue weighted by Crippen LogP contribution is -2.23. The van der Waals surface area contributed by atoms with Gasteiger partial charge in [-0.2, -0.15) is 0 Å². The molecule has 2 heterocycles. The molecule has 2 aromatic carbocycles. The van der Waals surface area contributed by atoms with Crippen LogP contribution in [0.2, 0.25) is 5.02 Å². The summed E-state index contributed by atoms with van der Waals surface area (Å²) in [5.41, 5.74) is 4.44. The number of benzene rings is 2. The van der Waals surface area contributed by atoms with Crippen molar-refractivity contribution < 1.29 is 4.79 Å². The minimum atomic E-state index is -0.476. The zero-order valence-corrected chi connectivity index (χ0v) is 14.6. The smallest absolute Gasteiger partial charge is 0.146 e. The van der Waals surface area contributed by atoms with Crippen LogP contribution in [0.1, 0.15) is 17.2 Å². The SMILES string of the molecule is O=CC1NC=Cc2c(-c3ccccc3Cl)cnc(Nc3ccccc3)c21. The van der Waals surface area contributed by atoms with Gasteiger partial charge in [-0.15, -0.1) is 0 Å². The summed E-state index contributed by atoms with van der Waals surface area (Å²) in [6, 6.07) is 16.9. The van der Waals surface area contributed by atoms with Gasteiger partial charge in [0.2, 0.25) is 0 Å². The van der Waals surface area contributed by atoms with Gasteiger partial charge < -0.3 is 15.4 Å². The largest absolute Gasteiger partial charge is 0.378 e. The maximum Gasteiger partial charge on any atom is 0.146 e. The molecule has 0 saturated heterocycles. The number of hydrogen-bond donors (Lipinski definition) is 2. The number of hydrogen-bond acceptors (Lipinski definition) is 4. The first-order valence-electron chi connectivity index (χ1n) is 8.25. The van der Waals surface area contributed by atoms with Gasteiger partial charge in [0.1, 0.15) is 18.1 Å². The van der Waals surface area contributed by atoms with E-state index in [-0.39, 0.29) is 0 Å². The summed E-state index contributed by atoms with van der Waals surface area (Å²) in [7, 11) is 0. The molecule has 26 heavy (non-hydrogen) atoms. The maximum absolute atomic E-state index is 11.7. The number of anilines is 2. The molecule has 0 fully saturated rings. The molecular formula is C21H16ClN3O. The monoisotopic (exact) mass is 361 g/mol. The van der Waals surface area contributed by atoms with Crippen LogP contribution in [0.3, 0.4) is 0 Å². The highest BCUT2D eigenvalue weighted by Crippen LogP contribution is 2.38. The summed E-state index contributed by atoms with van der Waals surface area (Å²) in [6.45, 7) is 0. The molecule has 128 valence electrons. The highest BCUT2D eigenvalue weighted by Gasteiger charge is 2.24. The average Bonchev–Trinajstić information content (AvgIpc) is 2.69. The Morgan fingerprint density at radius 3 is 2.58 bits per heavy atom. The van der Waals surface area contributed by atoms with Crippen molar-refractivity contribution in [1.82, 2.24) is 10.3 Å². The molecule has 1 aliphatic heterocycles. The minimum Gasteiger partial charge on any atom is -0.378 e. The van der Waals surface area contributed by atoms with Gasteiger partial charge in [-0.25, -0.2) is 4.98 Å². The van der Waals surface area contributed by atoms with Crippen LogP contribution in [-0.4, -0.2) is 11.3 Å². The molecule has 2 N–H and O–H groups in total. The summed E-state index contributed by atoms with van der Waals surface area (Å²) >= 11 is 6.39. The fraction of sp³-hybridized carbons (Fsp3) is 0.0476. The Labute approximate surface area is 156 Å². The van der Waals surface area contributed by atoms with Crippen LogP contribution in [0.5, 0.6) is 0 Å². The summed E-state index contributed by atoms with van der Waals surface area (Å²) in [5, 5.41) is 7.04. The van der Waals surface area contributed by atoms with Crippen LogP contribution in [0, 0.1) is 0 Å². The summed E-state index contributed by atoms with van der Waals surface area (Å²) in [6.07, 6.45) is 6.42. The van der Waals surface area contributed by atoms with Crippen molar-refractivity contribution in [2.75, 3.05) is 5.32 Å². The normalized spacial score (nSPS) is 15.0. The van der Waals surface area contributed by atoms with E-state index in [9.17, 15) is 4.79 Å². The van der Waals surface area contributed by atoms with Gasteiger partial charge in [0, 0.05) is 33.6 Å². The molecule has 0 aliphatic carbocycles. The van der Waals surface area contributed by atoms with Crippen LogP contribution >= 0.6 is 11.6 Å². The van der Waals surface area contributed by atoms with Gasteiger partial charge in [-0.3, -0.25) is 0 Å². The topological polar surface area (TPSA) is 54.0 Å². The van der Waals surface area contributed by atoms with Gasteiger partial charge in [0.25, 0.3) is 0 Å². The Hall–Kier alpha value is -3.11. The lowest BCUT2D eigenvalue weighted by molar-refractivity contribution is -0.109. The Morgan fingerprint density at radius 2 is 1.81 bits per heavy atom. The standard InChI is InChI=1S/C21H16ClN3O/c22-18-9-5-4-8-15(18)17-12-24-21(25-14-6-2-1-3-7-14)20-16(17)10-11-23-19(20)13-26/h1-13,19,23H,(H,24,25). The molecule has 1 aromatic heterocycles. The number of nitrogens with one attached hydrogen (secondary N) is 2. The number of para-hydroxylation sites is 1. The Morgan fingerprint density at radius 1 is 1.04 bits per heavy atom. The average molecular weight is 362 g/mol. The van der Waals surface area contributed by atoms with Crippen LogP contribution < -0.4 is 10.6 Å². The molecule has 0 saturated carbocycles. The molecule has 1 aliphatic rings. The highest BCUT2D eigenvalue weighted by atomic mass is 35.5. The summed E-state index contributed by atoms with van der Waals surface area (Å²) in [4.78, 5) is 16.3. The molecule has 4 nitrogen and oxygen atoms in total. The van der Waals surface area contributed by atoms with E-state index in [0.717, 1.165) is 34.2 Å². The molecule has 0 amide bonds. The Kier molecular flexibility index (Phi) is 4.42. The van der Waals surface area contributed by atoms with E-state index in [2.05, 4.69) is 15.6 Å². The van der Waals surface area contributed by atoms with Gasteiger partial charge in [0.05, 0.1) is 0 Å². The van der Waals surface area contributed by atoms with Crippen molar-refractivity contribution >= 4 is 35.5 Å². The van der Waals surface area contributed by atoms with Crippen LogP contribution in [-0.2, 0) is 4.79 Å². The van der Waals surface area contributed by atoms with Gasteiger partial charge in [-0.1, -0.05) is 48.0 Å². The van der Waals surface area contributed by atoms with E-state index < -0.39 is 6.04 Å². The van der Waals surface area contributed by atoms with Crippen molar-refractivity contribution in [2.45, 2.75) is 6.04 Å². The van der Waals surface area contributed by atoms with E-state index in [1.54, 1.807) is 12.4 Å². The molecule has 0 spiro atoms. The van der Waals surface area contributed by atoms with E-state index in [4.69, 9.17) is 11.6 Å². The van der Waals surface area contributed by atoms with Gasteiger partial charge in [-0.05, 0) is 36.0 Å². The molecule has 1 atom stereocenters. The number of halogens is 1. The van der Waals surface area contributed by atoms with Crippen molar-refractivity contribution in [3.05, 3.63) is 83.1 Å². The number of fused-ring (bicyclic) bond motifs is 1. The van der Waals surface area contributed by atoms with Gasteiger partial charge in [0.15, 0.2) is 0 Å². The number of nitrogens with zero attached hydrogens (tertiary/aromatic N) is 1. The number of pyridine rings is 1. The second-order valence-electron chi connectivity index (χ2n) is 5.93. The predicted octanol–water partition coefficient (Wildman–Crippen LogP) is 4.96. The summed E-state index contributed by atoms with van der Waals surface area (Å²) < 4.78 is 0. The quantitative estimate of drug-likeness (QED) is 0.645. The highest BCUT2D eigenvalue weighted by molar-refractivity contribution is 6.33. The molecular weight excluding hydrogens is 346 g/mol. The Bertz CT molecular complexity index is 986. The zero-order valence-electron chi connectivity index (χ0n) is 13.8. The number of aromatic nitrogens is 1. The first-order valence-corrected chi connectivity index (χ1v) is 8.63. The fourth-order valence-corrected chi connectivity index (χ4v) is 3.35. The molecule has 4 rings (SSSR count). The molecule has 0 bridgehead atoms. The van der Waals surface area contributed by atoms with Gasteiger partial charge >= 0.3 is 0 Å². The third-order valence-corrected chi connectivity index (χ3v) is 4.66. The minimum absolute atomic E-state index is 0.476. The third-order valence-electron chi connectivity index (χ3n) is 4.33. The lowest BCUT2D eigenvalue weighted by Gasteiger charge is -2.24. The molecule has 3 aromatic rings. The number of carbonyl (C=O) groups is 1. The maximum atomic E-state index is 11.7. The van der Waals surface area contributed by atoms with E-state index in [0.29, 0.717) is 10.8 Å². The third kappa shape index (κ3) is 2.95. The van der Waals surface area contributed by atoms with E-state index in [1.807, 2.05) is 60.7 Å². The zero-order chi connectivity index (χ0) is 17.9. The van der Waals surface area contributed by atoms with Crippen molar-refractivity contribution in [3.63, 3.8) is 0 Å². The van der Waals surface area contributed by atoms with Crippen molar-refractivity contribution in [3.8, 4) is 11.1 Å². The predicted molar refractivity (Wildman–Crippen MR) is 105 cm³/mol. The molecule has 5 heteroatoms. The van der Waals surface area contributed by atoms with E-state index in [1.165, 1.54) is 0 Å². The second-order valence-corrected chi connectivity index (χ2v) is 6.34. The Balaban J connectivity index is 1.89. The lowest BCUT2D eigenvalue weighted by atomic mass is 9.92.